The van der Waals surface area contributed by atoms with Gasteiger partial charge in [-0.1, -0.05) is 37.1 Å². The standard InChI is InChI=1S/C63H56N8O14/c1-34-54(50-14-8-10-24-68(50)56(34)58(77)36-16-22-48-44(26-36)60(79)70(30-52(74)75)62(81)66-48)42-20-18-40(28-46(42)64)84-32-38(72)12-6-4-5-7-13-39(73)33-85-41-19-21-43(47(65)29-41)55-35(2)57(69-25-11-9-15-51(55)69)59(78)37-17-23-49-45(27-37)61(80)71(63(82)67-49)31-53(76)83-3/h8-11,14-29,42-43,64-65H,4-7,12-13,30-33H2,1-3H3,(H,66,81)(H,67,82)(H,74,75). The number of esters is 1. The monoisotopic (exact) mass is 1150 g/mol. The molecule has 0 aliphatic heterocycles. The summed E-state index contributed by atoms with van der Waals surface area (Å²) in [4.78, 5) is 134. The molecule has 10 rings (SSSR count). The second kappa shape index (κ2) is 24.1. The maximum Gasteiger partial charge on any atom is 0.329 e. The average molecular weight is 1150 g/mol. The van der Waals surface area contributed by atoms with Gasteiger partial charge in [0.05, 0.1) is 51.3 Å². The van der Waals surface area contributed by atoms with Gasteiger partial charge in [0.25, 0.3) is 11.1 Å². The molecule has 0 spiro atoms. The molecule has 6 aromatic heterocycles. The highest BCUT2D eigenvalue weighted by Gasteiger charge is 2.31. The molecule has 0 saturated carbocycles. The minimum atomic E-state index is -1.38. The van der Waals surface area contributed by atoms with Crippen molar-refractivity contribution in [1.29, 1.82) is 10.8 Å². The molecule has 0 fully saturated rings. The van der Waals surface area contributed by atoms with Gasteiger partial charge in [-0.25, -0.2) is 18.7 Å². The van der Waals surface area contributed by atoms with E-state index in [1.165, 1.54) is 42.5 Å². The van der Waals surface area contributed by atoms with E-state index in [4.69, 9.17) is 20.3 Å². The largest absolute Gasteiger partial charge is 0.486 e. The summed E-state index contributed by atoms with van der Waals surface area (Å²) in [5.74, 6) is -3.76. The van der Waals surface area contributed by atoms with E-state index in [0.29, 0.717) is 85.3 Å². The number of Topliss-reactive ketones (excluding diaryl/α,β-unsaturated/α-hetero) is 2. The number of ketones is 4. The molecule has 0 saturated heterocycles. The predicted molar refractivity (Wildman–Crippen MR) is 313 cm³/mol. The Morgan fingerprint density at radius 3 is 1.44 bits per heavy atom. The first-order valence-electron chi connectivity index (χ1n) is 27.2. The number of carbonyl (C=O) groups excluding carboxylic acids is 5. The molecule has 432 valence electrons. The van der Waals surface area contributed by atoms with Gasteiger partial charge in [0.1, 0.15) is 37.8 Å². The predicted octanol–water partition coefficient (Wildman–Crippen LogP) is 6.86. The van der Waals surface area contributed by atoms with Crippen LogP contribution in [0.15, 0.2) is 152 Å². The van der Waals surface area contributed by atoms with Crippen LogP contribution in [0, 0.1) is 24.7 Å². The summed E-state index contributed by atoms with van der Waals surface area (Å²) >= 11 is 0. The zero-order valence-corrected chi connectivity index (χ0v) is 46.3. The number of allylic oxidation sites excluding steroid dienone is 6. The van der Waals surface area contributed by atoms with Crippen molar-refractivity contribution >= 4 is 79.3 Å². The number of carbonyl (C=O) groups is 6. The fourth-order valence-corrected chi connectivity index (χ4v) is 11.1. The second-order valence-electron chi connectivity index (χ2n) is 20.7. The minimum Gasteiger partial charge on any atom is -0.486 e. The molecule has 2 atom stereocenters. The molecule has 22 nitrogen and oxygen atoms in total. The first-order valence-corrected chi connectivity index (χ1v) is 27.2. The van der Waals surface area contributed by atoms with Gasteiger partial charge < -0.3 is 48.9 Å². The minimum absolute atomic E-state index is 0.0297. The Morgan fingerprint density at radius 1 is 0.588 bits per heavy atom. The summed E-state index contributed by atoms with van der Waals surface area (Å²) in [5.41, 5.74) is 2.22. The van der Waals surface area contributed by atoms with Gasteiger partial charge in [0, 0.05) is 71.8 Å². The van der Waals surface area contributed by atoms with Crippen molar-refractivity contribution in [3.05, 3.63) is 220 Å². The summed E-state index contributed by atoms with van der Waals surface area (Å²) < 4.78 is 21.0. The SMILES string of the molecule is COC(=O)Cn1c(=O)[nH]c2ccc(C(=O)c3c(C)c(C4C=CC(OCC(=O)CCCCCCC(=O)COC5=CC(=N)C(c6c(C)c(C(=O)c7ccc8[nH]c(=O)n(CC(=O)O)c(=O)c8c7)n7ccccc67)C=C5)=CC4=N)c4ccccn34)cc2c1=O. The zero-order valence-electron chi connectivity index (χ0n) is 46.3. The molecule has 0 radical (unpaired) electrons. The number of hydrogen-bond donors (Lipinski definition) is 5. The van der Waals surface area contributed by atoms with Gasteiger partial charge in [0.15, 0.2) is 11.6 Å². The van der Waals surface area contributed by atoms with Crippen LogP contribution >= 0.6 is 0 Å². The molecule has 2 unspecified atom stereocenters. The van der Waals surface area contributed by atoms with Gasteiger partial charge in [-0.15, -0.1) is 0 Å². The number of nitrogens with one attached hydrogen (secondary N) is 4. The van der Waals surface area contributed by atoms with Crippen LogP contribution in [0.25, 0.3) is 32.8 Å². The van der Waals surface area contributed by atoms with Crippen LogP contribution in [0.4, 0.5) is 0 Å². The van der Waals surface area contributed by atoms with Crippen molar-refractivity contribution in [1.82, 2.24) is 27.9 Å². The lowest BCUT2D eigenvalue weighted by Gasteiger charge is -2.19. The van der Waals surface area contributed by atoms with E-state index >= 15 is 0 Å². The number of aromatic amines is 2. The molecule has 22 heteroatoms. The maximum absolute atomic E-state index is 14.3. The number of nitrogens with zero attached hydrogens (tertiary/aromatic N) is 4. The van der Waals surface area contributed by atoms with E-state index in [1.807, 2.05) is 24.3 Å². The normalized spacial score (nSPS) is 14.9. The third kappa shape index (κ3) is 11.5. The number of unbranched alkanes of at least 4 members (excludes halogenated alkanes) is 3. The van der Waals surface area contributed by atoms with Crippen molar-refractivity contribution in [2.75, 3.05) is 20.3 Å². The third-order valence-corrected chi connectivity index (χ3v) is 15.3. The van der Waals surface area contributed by atoms with Gasteiger partial charge in [-0.2, -0.15) is 0 Å². The summed E-state index contributed by atoms with van der Waals surface area (Å²) in [7, 11) is 1.14. The smallest absolute Gasteiger partial charge is 0.329 e. The molecule has 2 aromatic carbocycles. The Labute approximate surface area is 481 Å². The van der Waals surface area contributed by atoms with Crippen LogP contribution in [0.5, 0.6) is 0 Å². The number of carboxylic acid groups (broad SMARTS) is 1. The third-order valence-electron chi connectivity index (χ3n) is 15.3. The first-order chi connectivity index (χ1) is 40.8. The summed E-state index contributed by atoms with van der Waals surface area (Å²) in [6.07, 6.45) is 16.6. The lowest BCUT2D eigenvalue weighted by Crippen LogP contribution is -2.37. The Hall–Kier alpha value is -10.6. The molecule has 2 aliphatic carbocycles. The summed E-state index contributed by atoms with van der Waals surface area (Å²) in [6.45, 7) is 1.70. The molecule has 85 heavy (non-hydrogen) atoms. The molecule has 8 aromatic rings. The Kier molecular flexibility index (Phi) is 16.3. The maximum atomic E-state index is 14.3. The molecule has 0 amide bonds. The highest BCUT2D eigenvalue weighted by Crippen LogP contribution is 2.37. The molecule has 2 aliphatic rings. The zero-order chi connectivity index (χ0) is 60.4. The van der Waals surface area contributed by atoms with Crippen molar-refractivity contribution in [3.8, 4) is 0 Å². The lowest BCUT2D eigenvalue weighted by molar-refractivity contribution is -0.141. The van der Waals surface area contributed by atoms with Crippen molar-refractivity contribution < 1.29 is 48.1 Å². The topological polar surface area (TPSA) is 317 Å². The fraction of sp³-hybridized carbons (Fsp3) is 0.238. The Bertz CT molecular complexity index is 4570. The Morgan fingerprint density at radius 2 is 1.02 bits per heavy atom. The van der Waals surface area contributed by atoms with E-state index in [-0.39, 0.29) is 87.7 Å². The number of ether oxygens (including phenoxy) is 3. The number of aliphatic carboxylic acids is 1. The average Bonchev–Trinajstić information content (AvgIpc) is 3.97. The molecule has 5 N–H and O–H groups in total. The number of pyridine rings is 2. The number of hydrogen-bond acceptors (Lipinski definition) is 15. The number of H-pyrrole nitrogens is 2. The molecular weight excluding hydrogens is 1090 g/mol. The van der Waals surface area contributed by atoms with Gasteiger partial charge in [-0.05, 0) is 122 Å². The van der Waals surface area contributed by atoms with Crippen LogP contribution in [-0.4, -0.2) is 99.8 Å². The molecule has 6 heterocycles. The van der Waals surface area contributed by atoms with Gasteiger partial charge in [0.2, 0.25) is 11.6 Å². The van der Waals surface area contributed by atoms with E-state index in [0.717, 1.165) is 7.11 Å². The van der Waals surface area contributed by atoms with Crippen LogP contribution in [0.3, 0.4) is 0 Å². The summed E-state index contributed by atoms with van der Waals surface area (Å²) in [5, 5.41) is 27.3. The molecular formula is C63H56N8O14. The van der Waals surface area contributed by atoms with E-state index < -0.39 is 70.9 Å². The lowest BCUT2D eigenvalue weighted by atomic mass is 9.87. The number of rotatable bonds is 23. The Balaban J connectivity index is 0.680. The van der Waals surface area contributed by atoms with E-state index in [1.54, 1.807) is 77.6 Å². The van der Waals surface area contributed by atoms with Crippen molar-refractivity contribution in [2.45, 2.75) is 77.3 Å². The molecule has 0 bridgehead atoms. The van der Waals surface area contributed by atoms with Crippen LogP contribution < -0.4 is 22.5 Å². The summed E-state index contributed by atoms with van der Waals surface area (Å²) in [6, 6.07) is 19.4. The highest BCUT2D eigenvalue weighted by molar-refractivity contribution is 6.14. The first kappa shape index (κ1) is 57.6. The number of aromatic nitrogens is 6. The van der Waals surface area contributed by atoms with Crippen LogP contribution in [0.1, 0.15) is 105 Å². The van der Waals surface area contributed by atoms with E-state index in [9.17, 15) is 53.1 Å². The van der Waals surface area contributed by atoms with Gasteiger partial charge >= 0.3 is 23.3 Å². The number of fused-ring (bicyclic) bond motifs is 4. The van der Waals surface area contributed by atoms with Gasteiger partial charge in [-0.3, -0.25) is 38.4 Å². The quantitative estimate of drug-likeness (QED) is 0.0248. The number of carboxylic acids is 1. The van der Waals surface area contributed by atoms with Crippen molar-refractivity contribution in [3.63, 3.8) is 0 Å². The fourth-order valence-electron chi connectivity index (χ4n) is 11.1. The highest BCUT2D eigenvalue weighted by atomic mass is 16.5. The second-order valence-corrected chi connectivity index (χ2v) is 20.7. The number of methoxy groups -OCH3 is 1. The number of benzene rings is 2. The van der Waals surface area contributed by atoms with Crippen molar-refractivity contribution in [2.24, 2.45) is 0 Å². The van der Waals surface area contributed by atoms with E-state index in [2.05, 4.69) is 14.7 Å². The van der Waals surface area contributed by atoms with Crippen LogP contribution in [0.2, 0.25) is 0 Å². The van der Waals surface area contributed by atoms with Crippen LogP contribution in [-0.2, 0) is 46.5 Å².